The number of nitrogens with zero attached hydrogens (tertiary/aromatic N) is 3. The second kappa shape index (κ2) is 9.28. The Kier molecular flexibility index (Phi) is 6.79. The number of carbonyl (C=O) groups is 2. The van der Waals surface area contributed by atoms with Gasteiger partial charge in [-0.15, -0.1) is 0 Å². The number of hydrogen-bond acceptors (Lipinski definition) is 4. The van der Waals surface area contributed by atoms with Gasteiger partial charge in [0, 0.05) is 38.2 Å². The Labute approximate surface area is 159 Å². The van der Waals surface area contributed by atoms with Crippen molar-refractivity contribution in [3.63, 3.8) is 0 Å². The van der Waals surface area contributed by atoms with Crippen molar-refractivity contribution >= 4 is 11.8 Å². The van der Waals surface area contributed by atoms with Crippen LogP contribution in [0.3, 0.4) is 0 Å². The monoisotopic (exact) mass is 377 g/mol. The molecule has 0 saturated carbocycles. The zero-order valence-electron chi connectivity index (χ0n) is 15.9. The van der Waals surface area contributed by atoms with Crippen molar-refractivity contribution in [1.82, 2.24) is 14.7 Å². The first-order valence-corrected chi connectivity index (χ1v) is 9.61. The Hall–Kier alpha value is -1.99. The fourth-order valence-electron chi connectivity index (χ4n) is 3.66. The molecule has 0 N–H and O–H groups in total. The second-order valence-electron chi connectivity index (χ2n) is 7.33. The van der Waals surface area contributed by atoms with Gasteiger partial charge in [0.05, 0.1) is 19.8 Å². The molecular formula is C20H28FN3O3. The van der Waals surface area contributed by atoms with Gasteiger partial charge in [0.1, 0.15) is 5.82 Å². The summed E-state index contributed by atoms with van der Waals surface area (Å²) in [7, 11) is 1.70. The van der Waals surface area contributed by atoms with Gasteiger partial charge in [0.25, 0.3) is 0 Å². The highest BCUT2D eigenvalue weighted by atomic mass is 19.1. The van der Waals surface area contributed by atoms with Gasteiger partial charge in [0.2, 0.25) is 11.8 Å². The maximum Gasteiger partial charge on any atom is 0.236 e. The molecule has 2 aliphatic rings. The van der Waals surface area contributed by atoms with Crippen LogP contribution >= 0.6 is 0 Å². The third-order valence-corrected chi connectivity index (χ3v) is 5.41. The highest BCUT2D eigenvalue weighted by Gasteiger charge is 2.30. The van der Waals surface area contributed by atoms with E-state index in [9.17, 15) is 14.0 Å². The van der Waals surface area contributed by atoms with Crippen LogP contribution in [-0.2, 0) is 20.9 Å². The molecular weight excluding hydrogens is 349 g/mol. The largest absolute Gasteiger partial charge is 0.378 e. The Morgan fingerprint density at radius 1 is 1.15 bits per heavy atom. The molecule has 6 nitrogen and oxygen atoms in total. The van der Waals surface area contributed by atoms with Gasteiger partial charge in [-0.3, -0.25) is 14.5 Å². The van der Waals surface area contributed by atoms with Gasteiger partial charge < -0.3 is 14.5 Å². The van der Waals surface area contributed by atoms with Crippen LogP contribution in [0.1, 0.15) is 18.4 Å². The summed E-state index contributed by atoms with van der Waals surface area (Å²) in [5.74, 6) is -0.0534. The highest BCUT2D eigenvalue weighted by Crippen LogP contribution is 2.20. The molecule has 2 heterocycles. The van der Waals surface area contributed by atoms with E-state index in [0.717, 1.165) is 25.9 Å². The number of piperidine rings is 1. The normalized spacial score (nSPS) is 19.1. The van der Waals surface area contributed by atoms with E-state index >= 15 is 0 Å². The first-order chi connectivity index (χ1) is 13.0. The van der Waals surface area contributed by atoms with Crippen LogP contribution < -0.4 is 0 Å². The lowest BCUT2D eigenvalue weighted by molar-refractivity contribution is -0.141. The van der Waals surface area contributed by atoms with Crippen LogP contribution in [0.15, 0.2) is 24.3 Å². The van der Waals surface area contributed by atoms with Gasteiger partial charge >= 0.3 is 0 Å². The van der Waals surface area contributed by atoms with Gasteiger partial charge in [0.15, 0.2) is 0 Å². The van der Waals surface area contributed by atoms with Crippen molar-refractivity contribution in [2.24, 2.45) is 5.92 Å². The minimum atomic E-state index is -0.292. The molecule has 0 atom stereocenters. The molecule has 3 rings (SSSR count). The minimum absolute atomic E-state index is 0.0313. The highest BCUT2D eigenvalue weighted by molar-refractivity contribution is 5.79. The fourth-order valence-corrected chi connectivity index (χ4v) is 3.66. The van der Waals surface area contributed by atoms with Gasteiger partial charge in [-0.05, 0) is 32.0 Å². The van der Waals surface area contributed by atoms with Crippen molar-refractivity contribution in [3.8, 4) is 0 Å². The molecule has 1 aromatic rings. The number of hydrogen-bond donors (Lipinski definition) is 0. The number of benzene rings is 1. The van der Waals surface area contributed by atoms with E-state index in [1.165, 1.54) is 6.07 Å². The van der Waals surface area contributed by atoms with Crippen molar-refractivity contribution in [1.29, 1.82) is 0 Å². The number of amides is 2. The molecule has 0 radical (unpaired) electrons. The van der Waals surface area contributed by atoms with Crippen LogP contribution in [0.25, 0.3) is 0 Å². The number of ether oxygens (including phenoxy) is 1. The maximum absolute atomic E-state index is 13.8. The number of carbonyl (C=O) groups excluding carboxylic acids is 2. The zero-order chi connectivity index (χ0) is 19.2. The predicted octanol–water partition coefficient (Wildman–Crippen LogP) is 1.35. The SMILES string of the molecule is CN(Cc1ccccc1F)C(=O)CN1CCC(C(=O)N2CCOCC2)CC1. The first kappa shape index (κ1) is 19.8. The summed E-state index contributed by atoms with van der Waals surface area (Å²) in [6.07, 6.45) is 1.56. The Balaban J connectivity index is 1.43. The Morgan fingerprint density at radius 2 is 1.81 bits per heavy atom. The molecule has 0 spiro atoms. The summed E-state index contributed by atoms with van der Waals surface area (Å²) in [6.45, 7) is 4.64. The van der Waals surface area contributed by atoms with Gasteiger partial charge in [-0.1, -0.05) is 18.2 Å². The second-order valence-corrected chi connectivity index (χ2v) is 7.33. The van der Waals surface area contributed by atoms with Crippen molar-refractivity contribution in [3.05, 3.63) is 35.6 Å². The summed E-state index contributed by atoms with van der Waals surface area (Å²) < 4.78 is 19.1. The summed E-state index contributed by atoms with van der Waals surface area (Å²) >= 11 is 0. The van der Waals surface area contributed by atoms with E-state index in [1.807, 2.05) is 4.90 Å². The third kappa shape index (κ3) is 5.26. The topological polar surface area (TPSA) is 53.1 Å². The molecule has 148 valence electrons. The van der Waals surface area contributed by atoms with Crippen LogP contribution in [0.4, 0.5) is 4.39 Å². The molecule has 2 amide bonds. The minimum Gasteiger partial charge on any atom is -0.378 e. The van der Waals surface area contributed by atoms with Gasteiger partial charge in [-0.25, -0.2) is 4.39 Å². The molecule has 0 bridgehead atoms. The molecule has 7 heteroatoms. The summed E-state index contributed by atoms with van der Waals surface area (Å²) in [5, 5.41) is 0. The fraction of sp³-hybridized carbons (Fsp3) is 0.600. The molecule has 0 aromatic heterocycles. The number of rotatable bonds is 5. The molecule has 0 aliphatic carbocycles. The van der Waals surface area contributed by atoms with E-state index in [0.29, 0.717) is 38.4 Å². The lowest BCUT2D eigenvalue weighted by atomic mass is 9.95. The molecule has 2 fully saturated rings. The molecule has 2 aliphatic heterocycles. The van der Waals surface area contributed by atoms with E-state index < -0.39 is 0 Å². The van der Waals surface area contributed by atoms with Crippen LogP contribution in [-0.4, -0.2) is 79.5 Å². The van der Waals surface area contributed by atoms with Crippen LogP contribution in [0, 0.1) is 11.7 Å². The average Bonchev–Trinajstić information content (AvgIpc) is 2.70. The molecule has 0 unspecified atom stereocenters. The van der Waals surface area contributed by atoms with E-state index in [2.05, 4.69) is 4.90 Å². The lowest BCUT2D eigenvalue weighted by Crippen LogP contribution is -2.48. The Bertz CT molecular complexity index is 656. The van der Waals surface area contributed by atoms with Crippen molar-refractivity contribution in [2.45, 2.75) is 19.4 Å². The molecule has 27 heavy (non-hydrogen) atoms. The van der Waals surface area contributed by atoms with Crippen LogP contribution in [0.5, 0.6) is 0 Å². The number of likely N-dealkylation sites (N-methyl/N-ethyl adjacent to an activating group) is 1. The van der Waals surface area contributed by atoms with E-state index in [4.69, 9.17) is 4.74 Å². The third-order valence-electron chi connectivity index (χ3n) is 5.41. The van der Waals surface area contributed by atoms with Gasteiger partial charge in [-0.2, -0.15) is 0 Å². The lowest BCUT2D eigenvalue weighted by Gasteiger charge is -2.35. The summed E-state index contributed by atoms with van der Waals surface area (Å²) in [5.41, 5.74) is 0.517. The van der Waals surface area contributed by atoms with E-state index in [1.54, 1.807) is 30.1 Å². The first-order valence-electron chi connectivity index (χ1n) is 9.61. The number of likely N-dealkylation sites (tertiary alicyclic amines) is 1. The summed E-state index contributed by atoms with van der Waals surface area (Å²) in [6, 6.07) is 6.52. The van der Waals surface area contributed by atoms with Crippen LogP contribution in [0.2, 0.25) is 0 Å². The maximum atomic E-state index is 13.8. The standard InChI is InChI=1S/C20H28FN3O3/c1-22(14-17-4-2-3-5-18(17)21)19(25)15-23-8-6-16(7-9-23)20(26)24-10-12-27-13-11-24/h2-5,16H,6-15H2,1H3. The predicted molar refractivity (Wildman–Crippen MR) is 99.4 cm³/mol. The number of morpholine rings is 1. The zero-order valence-corrected chi connectivity index (χ0v) is 15.9. The van der Waals surface area contributed by atoms with Crippen molar-refractivity contribution < 1.29 is 18.7 Å². The molecule has 2 saturated heterocycles. The van der Waals surface area contributed by atoms with E-state index in [-0.39, 0.29) is 30.1 Å². The number of halogens is 1. The van der Waals surface area contributed by atoms with Crippen molar-refractivity contribution in [2.75, 3.05) is 53.0 Å². The quantitative estimate of drug-likeness (QED) is 0.778. The smallest absolute Gasteiger partial charge is 0.236 e. The average molecular weight is 377 g/mol. The summed E-state index contributed by atoms with van der Waals surface area (Å²) in [4.78, 5) is 30.6. The molecule has 1 aromatic carbocycles. The Morgan fingerprint density at radius 3 is 2.48 bits per heavy atom.